The van der Waals surface area contributed by atoms with E-state index in [1.807, 2.05) is 0 Å². The van der Waals surface area contributed by atoms with Crippen molar-refractivity contribution < 1.29 is 14.3 Å². The first-order valence-corrected chi connectivity index (χ1v) is 2.88. The number of rotatable bonds is 1. The molecule has 1 heterocycles. The Morgan fingerprint density at radius 3 is 1.55 bits per heavy atom. The molecule has 0 unspecified atom stereocenters. The Bertz CT molecular complexity index is 191. The average molecular weight is 152 g/mol. The normalized spacial score (nSPS) is 13.1. The molecular formula is C8H8O3. The van der Waals surface area contributed by atoms with Gasteiger partial charge in [-0.25, -0.2) is 9.59 Å². The van der Waals surface area contributed by atoms with E-state index in [9.17, 15) is 9.59 Å². The molecule has 11 heavy (non-hydrogen) atoms. The van der Waals surface area contributed by atoms with Gasteiger partial charge in [-0.3, -0.25) is 0 Å². The molecule has 0 aliphatic carbocycles. The lowest BCUT2D eigenvalue weighted by molar-refractivity contribution is -0.150. The fraction of sp³-hybridized carbons (Fsp3) is 0. The highest BCUT2D eigenvalue weighted by atomic mass is 16.6. The third kappa shape index (κ3) is 4.84. The van der Waals surface area contributed by atoms with E-state index < -0.39 is 11.9 Å². The maximum absolute atomic E-state index is 9.92. The minimum Gasteiger partial charge on any atom is -0.387 e. The number of cyclic esters (lactones) is 2. The van der Waals surface area contributed by atoms with Gasteiger partial charge in [-0.2, -0.15) is 0 Å². The zero-order valence-corrected chi connectivity index (χ0v) is 5.95. The van der Waals surface area contributed by atoms with Crippen LogP contribution in [0.25, 0.3) is 0 Å². The molecule has 58 valence electrons. The minimum atomic E-state index is -0.579. The molecule has 0 N–H and O–H groups in total. The predicted molar refractivity (Wildman–Crippen MR) is 40.6 cm³/mol. The topological polar surface area (TPSA) is 43.4 Å². The maximum Gasteiger partial charge on any atom is 0.338 e. The van der Waals surface area contributed by atoms with E-state index in [1.165, 1.54) is 0 Å². The second kappa shape index (κ2) is 5.17. The summed E-state index contributed by atoms with van der Waals surface area (Å²) in [5.41, 5.74) is 0. The summed E-state index contributed by atoms with van der Waals surface area (Å²) in [6.07, 6.45) is 5.45. The second-order valence-corrected chi connectivity index (χ2v) is 1.54. The summed E-state index contributed by atoms with van der Waals surface area (Å²) in [6.45, 7) is 6.72. The van der Waals surface area contributed by atoms with Gasteiger partial charge in [-0.15, -0.1) is 0 Å². The van der Waals surface area contributed by atoms with Crippen LogP contribution in [0, 0.1) is 0 Å². The largest absolute Gasteiger partial charge is 0.387 e. The molecule has 0 amide bonds. The van der Waals surface area contributed by atoms with Crippen LogP contribution in [0.2, 0.25) is 0 Å². The van der Waals surface area contributed by atoms with E-state index in [2.05, 4.69) is 17.9 Å². The molecule has 0 aromatic heterocycles. The predicted octanol–water partition coefficient (Wildman–Crippen LogP) is 0.984. The van der Waals surface area contributed by atoms with Crippen LogP contribution in [-0.2, 0) is 14.3 Å². The number of hydrogen-bond acceptors (Lipinski definition) is 3. The first-order chi connectivity index (χ1) is 5.20. The van der Waals surface area contributed by atoms with Gasteiger partial charge in [-0.05, 0) is 0 Å². The Morgan fingerprint density at radius 2 is 1.45 bits per heavy atom. The monoisotopic (exact) mass is 152 g/mol. The van der Waals surface area contributed by atoms with E-state index in [4.69, 9.17) is 0 Å². The van der Waals surface area contributed by atoms with Crippen LogP contribution >= 0.6 is 0 Å². The zero-order chi connectivity index (χ0) is 8.69. The van der Waals surface area contributed by atoms with Crippen molar-refractivity contribution in [3.8, 4) is 0 Å². The van der Waals surface area contributed by atoms with Crippen LogP contribution in [0.5, 0.6) is 0 Å². The van der Waals surface area contributed by atoms with Crippen molar-refractivity contribution in [2.45, 2.75) is 0 Å². The maximum atomic E-state index is 9.92. The lowest BCUT2D eigenvalue weighted by atomic mass is 10.6. The first kappa shape index (κ1) is 9.36. The molecule has 0 spiro atoms. The first-order valence-electron chi connectivity index (χ1n) is 2.88. The van der Waals surface area contributed by atoms with E-state index in [0.717, 1.165) is 12.2 Å². The van der Waals surface area contributed by atoms with Gasteiger partial charge in [-0.1, -0.05) is 25.3 Å². The summed E-state index contributed by atoms with van der Waals surface area (Å²) in [6, 6.07) is 0. The number of carbonyl (C=O) groups is 2. The van der Waals surface area contributed by atoms with E-state index >= 15 is 0 Å². The van der Waals surface area contributed by atoms with Crippen molar-refractivity contribution in [1.82, 2.24) is 0 Å². The smallest absolute Gasteiger partial charge is 0.338 e. The molecule has 0 radical (unpaired) electrons. The van der Waals surface area contributed by atoms with Crippen molar-refractivity contribution in [2.24, 2.45) is 0 Å². The lowest BCUT2D eigenvalue weighted by Gasteiger charge is -1.80. The van der Waals surface area contributed by atoms with Crippen molar-refractivity contribution in [1.29, 1.82) is 0 Å². The fourth-order valence-corrected chi connectivity index (χ4v) is 0.303. The van der Waals surface area contributed by atoms with Crippen LogP contribution in [0.15, 0.2) is 37.5 Å². The number of esters is 2. The second-order valence-electron chi connectivity index (χ2n) is 1.54. The number of carbonyl (C=O) groups excluding carboxylic acids is 2. The third-order valence-corrected chi connectivity index (χ3v) is 0.723. The Hall–Kier alpha value is -1.64. The SMILES string of the molecule is C=CC=C.O=C1C=CC(=O)O1. The summed E-state index contributed by atoms with van der Waals surface area (Å²) in [5, 5.41) is 0. The highest BCUT2D eigenvalue weighted by Gasteiger charge is 2.10. The zero-order valence-electron chi connectivity index (χ0n) is 5.95. The van der Waals surface area contributed by atoms with Crippen LogP contribution in [0.1, 0.15) is 0 Å². The van der Waals surface area contributed by atoms with Gasteiger partial charge in [0.15, 0.2) is 0 Å². The van der Waals surface area contributed by atoms with Gasteiger partial charge in [0, 0.05) is 12.2 Å². The molecule has 3 heteroatoms. The highest BCUT2D eigenvalue weighted by molar-refractivity contribution is 6.04. The molecule has 0 saturated heterocycles. The van der Waals surface area contributed by atoms with Crippen LogP contribution < -0.4 is 0 Å². The summed E-state index contributed by atoms with van der Waals surface area (Å²) < 4.78 is 3.97. The summed E-state index contributed by atoms with van der Waals surface area (Å²) >= 11 is 0. The molecule has 0 aromatic rings. The Kier molecular flexibility index (Phi) is 4.40. The highest BCUT2D eigenvalue weighted by Crippen LogP contribution is 1.92. The molecule has 0 fully saturated rings. The third-order valence-electron chi connectivity index (χ3n) is 0.723. The molecular weight excluding hydrogens is 144 g/mol. The lowest BCUT2D eigenvalue weighted by Crippen LogP contribution is -1.96. The Morgan fingerprint density at radius 1 is 1.09 bits per heavy atom. The molecule has 3 nitrogen and oxygen atoms in total. The fourth-order valence-electron chi connectivity index (χ4n) is 0.303. The quantitative estimate of drug-likeness (QED) is 0.319. The molecule has 1 rings (SSSR count). The summed E-state index contributed by atoms with van der Waals surface area (Å²) in [7, 11) is 0. The average Bonchev–Trinajstić information content (AvgIpc) is 2.35. The minimum absolute atomic E-state index is 0.579. The molecule has 0 bridgehead atoms. The van der Waals surface area contributed by atoms with Gasteiger partial charge in [0.25, 0.3) is 0 Å². The van der Waals surface area contributed by atoms with Crippen LogP contribution in [0.4, 0.5) is 0 Å². The Labute approximate surface area is 64.7 Å². The Balaban J connectivity index is 0.000000218. The van der Waals surface area contributed by atoms with Crippen molar-refractivity contribution in [2.75, 3.05) is 0 Å². The summed E-state index contributed by atoms with van der Waals surface area (Å²) in [4.78, 5) is 19.8. The van der Waals surface area contributed by atoms with E-state index in [-0.39, 0.29) is 0 Å². The summed E-state index contributed by atoms with van der Waals surface area (Å²) in [5.74, 6) is -1.16. The van der Waals surface area contributed by atoms with Gasteiger partial charge >= 0.3 is 11.9 Å². The number of hydrogen-bond donors (Lipinski definition) is 0. The van der Waals surface area contributed by atoms with Crippen LogP contribution in [-0.4, -0.2) is 11.9 Å². The molecule has 1 aliphatic heterocycles. The van der Waals surface area contributed by atoms with Crippen molar-refractivity contribution in [3.05, 3.63) is 37.5 Å². The number of ether oxygens (including phenoxy) is 1. The van der Waals surface area contributed by atoms with Crippen molar-refractivity contribution in [3.63, 3.8) is 0 Å². The van der Waals surface area contributed by atoms with E-state index in [0.29, 0.717) is 0 Å². The standard InChI is InChI=1S/C4H2O3.C4H6/c5-3-1-2-4(6)7-3;1-3-4-2/h1-2H;3-4H,1-2H2. The molecule has 0 saturated carbocycles. The number of allylic oxidation sites excluding steroid dienone is 2. The van der Waals surface area contributed by atoms with Gasteiger partial charge in [0.1, 0.15) is 0 Å². The molecule has 0 atom stereocenters. The van der Waals surface area contributed by atoms with Crippen LogP contribution in [0.3, 0.4) is 0 Å². The molecule has 0 aromatic carbocycles. The molecule has 1 aliphatic rings. The van der Waals surface area contributed by atoms with E-state index in [1.54, 1.807) is 12.2 Å². The van der Waals surface area contributed by atoms with Gasteiger partial charge in [0.2, 0.25) is 0 Å². The van der Waals surface area contributed by atoms with Gasteiger partial charge < -0.3 is 4.74 Å². The van der Waals surface area contributed by atoms with Gasteiger partial charge in [0.05, 0.1) is 0 Å². The van der Waals surface area contributed by atoms with Crippen molar-refractivity contribution >= 4 is 11.9 Å².